The third-order valence-corrected chi connectivity index (χ3v) is 2.79. The van der Waals surface area contributed by atoms with Crippen LogP contribution in [0.4, 0.5) is 13.2 Å². The van der Waals surface area contributed by atoms with Crippen molar-refractivity contribution in [2.45, 2.75) is 38.4 Å². The molecule has 0 bridgehead atoms. The highest BCUT2D eigenvalue weighted by atomic mass is 35.5. The third kappa shape index (κ3) is 5.28. The summed E-state index contributed by atoms with van der Waals surface area (Å²) in [6, 6.07) is 3.26. The van der Waals surface area contributed by atoms with Gasteiger partial charge in [0, 0.05) is 6.04 Å². The Hall–Kier alpha value is -0.940. The first-order valence-electron chi connectivity index (χ1n) is 5.90. The molecule has 0 aliphatic heterocycles. The van der Waals surface area contributed by atoms with Crippen molar-refractivity contribution >= 4 is 12.4 Å². The Morgan fingerprint density at radius 2 is 1.89 bits per heavy atom. The lowest BCUT2D eigenvalue weighted by molar-refractivity contribution is -0.137. The summed E-state index contributed by atoms with van der Waals surface area (Å²) in [6.45, 7) is 2.01. The summed E-state index contributed by atoms with van der Waals surface area (Å²) in [7, 11) is 1.34. The van der Waals surface area contributed by atoms with Crippen molar-refractivity contribution in [1.82, 2.24) is 0 Å². The highest BCUT2D eigenvalue weighted by Crippen LogP contribution is 2.34. The molecule has 0 spiro atoms. The molecule has 0 aliphatic carbocycles. The van der Waals surface area contributed by atoms with Gasteiger partial charge in [-0.15, -0.1) is 12.4 Å². The molecule has 1 aromatic rings. The van der Waals surface area contributed by atoms with Crippen molar-refractivity contribution < 1.29 is 17.9 Å². The Morgan fingerprint density at radius 1 is 1.26 bits per heavy atom. The van der Waals surface area contributed by atoms with Crippen LogP contribution in [0.1, 0.15) is 43.4 Å². The number of alkyl halides is 3. The molecule has 1 aromatic carbocycles. The normalized spacial score (nSPS) is 12.7. The highest BCUT2D eigenvalue weighted by Gasteiger charge is 2.31. The molecule has 0 unspecified atom stereocenters. The number of hydrogen-bond acceptors (Lipinski definition) is 2. The van der Waals surface area contributed by atoms with Crippen LogP contribution in [-0.4, -0.2) is 7.11 Å². The second-order valence-corrected chi connectivity index (χ2v) is 4.24. The van der Waals surface area contributed by atoms with Crippen molar-refractivity contribution in [3.05, 3.63) is 29.3 Å². The first kappa shape index (κ1) is 18.1. The summed E-state index contributed by atoms with van der Waals surface area (Å²) in [4.78, 5) is 0. The van der Waals surface area contributed by atoms with Crippen LogP contribution in [0.3, 0.4) is 0 Å². The van der Waals surface area contributed by atoms with Gasteiger partial charge in [0.05, 0.1) is 12.7 Å². The Labute approximate surface area is 117 Å². The maximum Gasteiger partial charge on any atom is 0.416 e. The quantitative estimate of drug-likeness (QED) is 0.878. The Balaban J connectivity index is 0.00000324. The van der Waals surface area contributed by atoms with Crippen LogP contribution >= 0.6 is 12.4 Å². The van der Waals surface area contributed by atoms with Gasteiger partial charge in [0.2, 0.25) is 0 Å². The molecule has 2 nitrogen and oxygen atoms in total. The lowest BCUT2D eigenvalue weighted by Crippen LogP contribution is -2.13. The van der Waals surface area contributed by atoms with E-state index in [2.05, 4.69) is 0 Å². The number of unbranched alkanes of at least 4 members (excludes halogenated alkanes) is 1. The highest BCUT2D eigenvalue weighted by molar-refractivity contribution is 5.85. The van der Waals surface area contributed by atoms with Gasteiger partial charge in [-0.25, -0.2) is 0 Å². The maximum absolute atomic E-state index is 12.7. The van der Waals surface area contributed by atoms with Gasteiger partial charge in [-0.1, -0.05) is 19.8 Å². The summed E-state index contributed by atoms with van der Waals surface area (Å²) < 4.78 is 43.0. The minimum Gasteiger partial charge on any atom is -0.497 e. The van der Waals surface area contributed by atoms with Crippen LogP contribution in [0, 0.1) is 0 Å². The minimum absolute atomic E-state index is 0. The summed E-state index contributed by atoms with van der Waals surface area (Å²) in [5, 5.41) is 0. The largest absolute Gasteiger partial charge is 0.497 e. The number of nitrogens with two attached hydrogens (primary N) is 1. The van der Waals surface area contributed by atoms with Gasteiger partial charge in [0.1, 0.15) is 5.75 Å². The Bertz CT molecular complexity index is 396. The van der Waals surface area contributed by atoms with E-state index in [1.165, 1.54) is 7.11 Å². The predicted octanol–water partition coefficient (Wildman–Crippen LogP) is 4.33. The monoisotopic (exact) mass is 297 g/mol. The summed E-state index contributed by atoms with van der Waals surface area (Å²) in [5.74, 6) is 0.187. The van der Waals surface area contributed by atoms with E-state index < -0.39 is 11.7 Å². The van der Waals surface area contributed by atoms with Crippen LogP contribution in [0.5, 0.6) is 5.75 Å². The lowest BCUT2D eigenvalue weighted by Gasteiger charge is -2.16. The zero-order valence-corrected chi connectivity index (χ0v) is 11.8. The predicted molar refractivity (Wildman–Crippen MR) is 71.7 cm³/mol. The molecule has 0 amide bonds. The van der Waals surface area contributed by atoms with Crippen molar-refractivity contribution in [3.63, 3.8) is 0 Å². The van der Waals surface area contributed by atoms with Crippen LogP contribution in [-0.2, 0) is 6.18 Å². The van der Waals surface area contributed by atoms with E-state index in [-0.39, 0.29) is 24.2 Å². The van der Waals surface area contributed by atoms with Crippen LogP contribution in [0.2, 0.25) is 0 Å². The maximum atomic E-state index is 12.7. The molecule has 6 heteroatoms. The zero-order valence-electron chi connectivity index (χ0n) is 11.0. The zero-order chi connectivity index (χ0) is 13.8. The minimum atomic E-state index is -4.38. The van der Waals surface area contributed by atoms with E-state index in [0.29, 0.717) is 12.0 Å². The summed E-state index contributed by atoms with van der Waals surface area (Å²) >= 11 is 0. The molecule has 1 atom stereocenters. The van der Waals surface area contributed by atoms with Gasteiger partial charge < -0.3 is 10.5 Å². The summed E-state index contributed by atoms with van der Waals surface area (Å²) in [6.07, 6.45) is -1.86. The molecular weight excluding hydrogens is 279 g/mol. The molecule has 0 saturated carbocycles. The van der Waals surface area contributed by atoms with Crippen molar-refractivity contribution in [2.75, 3.05) is 7.11 Å². The molecule has 0 saturated heterocycles. The van der Waals surface area contributed by atoms with Gasteiger partial charge in [0.15, 0.2) is 0 Å². The second kappa shape index (κ2) is 7.60. The lowest BCUT2D eigenvalue weighted by atomic mass is 9.99. The van der Waals surface area contributed by atoms with Gasteiger partial charge in [-0.05, 0) is 30.2 Å². The van der Waals surface area contributed by atoms with E-state index in [4.69, 9.17) is 10.5 Å². The number of rotatable bonds is 5. The Morgan fingerprint density at radius 3 is 2.37 bits per heavy atom. The van der Waals surface area contributed by atoms with Gasteiger partial charge in [-0.3, -0.25) is 0 Å². The number of halogens is 4. The number of methoxy groups -OCH3 is 1. The van der Waals surface area contributed by atoms with Crippen molar-refractivity contribution in [3.8, 4) is 5.75 Å². The van der Waals surface area contributed by atoms with Crippen LogP contribution < -0.4 is 10.5 Å². The topological polar surface area (TPSA) is 35.2 Å². The van der Waals surface area contributed by atoms with Gasteiger partial charge in [0.25, 0.3) is 0 Å². The van der Waals surface area contributed by atoms with Gasteiger partial charge in [-0.2, -0.15) is 13.2 Å². The van der Waals surface area contributed by atoms with Crippen molar-refractivity contribution in [2.24, 2.45) is 5.73 Å². The standard InChI is InChI=1S/C13H18F3NO.ClH/c1-3-4-5-12(17)9-6-10(13(14,15)16)8-11(7-9)18-2;/h6-8,12H,3-5,17H2,1-2H3;1H/t12-;/m0./s1. The molecule has 0 radical (unpaired) electrons. The van der Waals surface area contributed by atoms with Crippen LogP contribution in [0.25, 0.3) is 0 Å². The van der Waals surface area contributed by atoms with E-state index in [0.717, 1.165) is 25.0 Å². The molecule has 110 valence electrons. The first-order chi connectivity index (χ1) is 8.38. The van der Waals surface area contributed by atoms with E-state index >= 15 is 0 Å². The van der Waals surface area contributed by atoms with E-state index in [1.54, 1.807) is 6.07 Å². The van der Waals surface area contributed by atoms with Gasteiger partial charge >= 0.3 is 6.18 Å². The van der Waals surface area contributed by atoms with Crippen molar-refractivity contribution in [1.29, 1.82) is 0 Å². The number of hydrogen-bond donors (Lipinski definition) is 1. The third-order valence-electron chi connectivity index (χ3n) is 2.79. The van der Waals surface area contributed by atoms with Crippen LogP contribution in [0.15, 0.2) is 18.2 Å². The smallest absolute Gasteiger partial charge is 0.416 e. The average molecular weight is 298 g/mol. The van der Waals surface area contributed by atoms with E-state index in [1.807, 2.05) is 6.92 Å². The molecule has 0 heterocycles. The molecule has 19 heavy (non-hydrogen) atoms. The molecule has 1 rings (SSSR count). The van der Waals surface area contributed by atoms with E-state index in [9.17, 15) is 13.2 Å². The molecular formula is C13H19ClF3NO. The second-order valence-electron chi connectivity index (χ2n) is 4.24. The fourth-order valence-corrected chi connectivity index (χ4v) is 1.71. The SMILES string of the molecule is CCCC[C@H](N)c1cc(OC)cc(C(F)(F)F)c1.Cl. The Kier molecular flexibility index (Phi) is 7.23. The molecule has 0 fully saturated rings. The fraction of sp³-hybridized carbons (Fsp3) is 0.538. The molecule has 2 N–H and O–H groups in total. The molecule has 0 aromatic heterocycles. The average Bonchev–Trinajstić information content (AvgIpc) is 2.34. The first-order valence-corrected chi connectivity index (χ1v) is 5.90. The number of ether oxygens (including phenoxy) is 1. The molecule has 0 aliphatic rings. The summed E-state index contributed by atoms with van der Waals surface area (Å²) in [5.41, 5.74) is 5.64. The fourth-order valence-electron chi connectivity index (χ4n) is 1.71. The number of benzene rings is 1.